The molecule has 0 aliphatic carbocycles. The number of carbonyl (C=O) groups is 1. The van der Waals surface area contributed by atoms with Crippen molar-refractivity contribution in [1.29, 1.82) is 0 Å². The normalized spacial score (nSPS) is 12.5. The molecule has 1 unspecified atom stereocenters. The zero-order valence-electron chi connectivity index (χ0n) is 13.7. The molecule has 1 heterocycles. The Kier molecular flexibility index (Phi) is 4.05. The Morgan fingerprint density at radius 2 is 1.83 bits per heavy atom. The van der Waals surface area contributed by atoms with Gasteiger partial charge in [-0.05, 0) is 32.9 Å². The summed E-state index contributed by atoms with van der Waals surface area (Å²) < 4.78 is 2.06. The molecule has 3 nitrogen and oxygen atoms in total. The minimum atomic E-state index is -0.0717. The van der Waals surface area contributed by atoms with E-state index in [2.05, 4.69) is 10.6 Å². The van der Waals surface area contributed by atoms with Crippen molar-refractivity contribution in [2.45, 2.75) is 26.8 Å². The summed E-state index contributed by atoms with van der Waals surface area (Å²) in [5.74, 6) is 0.0302. The summed E-state index contributed by atoms with van der Waals surface area (Å²) in [4.78, 5) is 13.0. The van der Waals surface area contributed by atoms with Crippen molar-refractivity contribution < 1.29 is 9.90 Å². The number of nitrogens with zero attached hydrogens (tertiary/aromatic N) is 1. The van der Waals surface area contributed by atoms with Crippen LogP contribution in [-0.4, -0.2) is 22.1 Å². The average molecular weight is 307 g/mol. The zero-order valence-corrected chi connectivity index (χ0v) is 13.7. The largest absolute Gasteiger partial charge is 0.394 e. The number of aliphatic hydroxyl groups excluding tert-OH is 1. The van der Waals surface area contributed by atoms with Gasteiger partial charge in [-0.25, -0.2) is 0 Å². The van der Waals surface area contributed by atoms with Crippen molar-refractivity contribution >= 4 is 16.7 Å². The first-order valence-electron chi connectivity index (χ1n) is 7.86. The van der Waals surface area contributed by atoms with Gasteiger partial charge in [0.15, 0.2) is 5.78 Å². The molecule has 3 rings (SSSR count). The van der Waals surface area contributed by atoms with Gasteiger partial charge in [0.05, 0.1) is 18.2 Å². The lowest BCUT2D eigenvalue weighted by molar-refractivity contribution is 0.103. The number of hydrogen-bond donors (Lipinski definition) is 1. The fourth-order valence-corrected chi connectivity index (χ4v) is 3.23. The first-order valence-corrected chi connectivity index (χ1v) is 7.86. The fourth-order valence-electron chi connectivity index (χ4n) is 3.23. The molecule has 0 fully saturated rings. The van der Waals surface area contributed by atoms with Gasteiger partial charge in [-0.1, -0.05) is 42.0 Å². The molecule has 0 radical (unpaired) electrons. The number of hydrogen-bond acceptors (Lipinski definition) is 2. The number of aliphatic hydroxyl groups is 1. The minimum Gasteiger partial charge on any atom is -0.394 e. The first kappa shape index (κ1) is 15.5. The second kappa shape index (κ2) is 6.01. The van der Waals surface area contributed by atoms with Crippen molar-refractivity contribution in [3.63, 3.8) is 0 Å². The van der Waals surface area contributed by atoms with Gasteiger partial charge in [-0.15, -0.1) is 0 Å². The molecule has 2 aromatic carbocycles. The molecule has 3 heteroatoms. The lowest BCUT2D eigenvalue weighted by Crippen LogP contribution is -2.12. The second-order valence-corrected chi connectivity index (χ2v) is 6.08. The van der Waals surface area contributed by atoms with Gasteiger partial charge >= 0.3 is 0 Å². The van der Waals surface area contributed by atoms with Crippen LogP contribution >= 0.6 is 0 Å². The number of benzene rings is 2. The molecular weight excluding hydrogens is 286 g/mol. The van der Waals surface area contributed by atoms with Crippen LogP contribution in [0.15, 0.2) is 48.5 Å². The lowest BCUT2D eigenvalue weighted by Gasteiger charge is -2.15. The summed E-state index contributed by atoms with van der Waals surface area (Å²) >= 11 is 0. The molecule has 0 amide bonds. The number of rotatable bonds is 4. The van der Waals surface area contributed by atoms with Gasteiger partial charge in [-0.2, -0.15) is 0 Å². The molecular formula is C20H21NO2. The van der Waals surface area contributed by atoms with Gasteiger partial charge in [0, 0.05) is 22.2 Å². The van der Waals surface area contributed by atoms with Crippen LogP contribution in [0.3, 0.4) is 0 Å². The summed E-state index contributed by atoms with van der Waals surface area (Å²) in [6, 6.07) is 15.4. The Bertz CT molecular complexity index is 862. The predicted octanol–water partition coefficient (Wildman–Crippen LogP) is 4.04. The predicted molar refractivity (Wildman–Crippen MR) is 93.1 cm³/mol. The van der Waals surface area contributed by atoms with E-state index in [-0.39, 0.29) is 18.4 Å². The van der Waals surface area contributed by atoms with Gasteiger partial charge < -0.3 is 9.67 Å². The van der Waals surface area contributed by atoms with E-state index >= 15 is 0 Å². The van der Waals surface area contributed by atoms with Crippen LogP contribution in [0.25, 0.3) is 10.9 Å². The van der Waals surface area contributed by atoms with Crippen molar-refractivity contribution in [2.75, 3.05) is 6.61 Å². The molecule has 0 bridgehead atoms. The molecule has 0 saturated heterocycles. The van der Waals surface area contributed by atoms with Gasteiger partial charge in [0.1, 0.15) is 0 Å². The number of aryl methyl sites for hydroxylation is 1. The third kappa shape index (κ3) is 2.57. The van der Waals surface area contributed by atoms with Crippen LogP contribution in [0.5, 0.6) is 0 Å². The maximum absolute atomic E-state index is 13.0. The Hall–Kier alpha value is -2.39. The molecule has 118 valence electrons. The van der Waals surface area contributed by atoms with Crippen LogP contribution < -0.4 is 0 Å². The molecule has 0 spiro atoms. The van der Waals surface area contributed by atoms with E-state index in [4.69, 9.17) is 0 Å². The van der Waals surface area contributed by atoms with Crippen molar-refractivity contribution in [3.8, 4) is 0 Å². The van der Waals surface area contributed by atoms with Gasteiger partial charge in [0.2, 0.25) is 0 Å². The van der Waals surface area contributed by atoms with E-state index in [9.17, 15) is 9.90 Å². The SMILES string of the molecule is Cc1ccc2c(c1)c(C(=O)c1ccccc1)c(C)n2C(C)CO. The van der Waals surface area contributed by atoms with E-state index in [0.29, 0.717) is 5.56 Å². The number of fused-ring (bicyclic) bond motifs is 1. The topological polar surface area (TPSA) is 42.2 Å². The van der Waals surface area contributed by atoms with E-state index < -0.39 is 0 Å². The van der Waals surface area contributed by atoms with Gasteiger partial charge in [0.25, 0.3) is 0 Å². The van der Waals surface area contributed by atoms with Crippen LogP contribution in [0.2, 0.25) is 0 Å². The number of aromatic nitrogens is 1. The van der Waals surface area contributed by atoms with Crippen molar-refractivity contribution in [1.82, 2.24) is 4.57 Å². The highest BCUT2D eigenvalue weighted by atomic mass is 16.3. The van der Waals surface area contributed by atoms with Crippen LogP contribution in [0, 0.1) is 13.8 Å². The summed E-state index contributed by atoms with van der Waals surface area (Å²) in [7, 11) is 0. The second-order valence-electron chi connectivity index (χ2n) is 6.08. The quantitative estimate of drug-likeness (QED) is 0.739. The van der Waals surface area contributed by atoms with Crippen LogP contribution in [0.4, 0.5) is 0 Å². The van der Waals surface area contributed by atoms with E-state index in [1.54, 1.807) is 0 Å². The van der Waals surface area contributed by atoms with Crippen molar-refractivity contribution in [2.24, 2.45) is 0 Å². The number of carbonyl (C=O) groups excluding carboxylic acids is 1. The standard InChI is InChI=1S/C20H21NO2/c1-13-9-10-18-17(11-13)19(15(3)21(18)14(2)12-22)20(23)16-7-5-4-6-8-16/h4-11,14,22H,12H2,1-3H3. The van der Waals surface area contributed by atoms with Crippen molar-refractivity contribution in [3.05, 3.63) is 70.9 Å². The average Bonchev–Trinajstić information content (AvgIpc) is 2.85. The Labute approximate surface area is 136 Å². The molecule has 3 aromatic rings. The number of ketones is 1. The molecule has 0 saturated carbocycles. The van der Waals surface area contributed by atoms with E-state index in [1.807, 2.05) is 63.2 Å². The van der Waals surface area contributed by atoms with Gasteiger partial charge in [-0.3, -0.25) is 4.79 Å². The highest BCUT2D eigenvalue weighted by Gasteiger charge is 2.23. The van der Waals surface area contributed by atoms with Crippen LogP contribution in [0.1, 0.15) is 40.1 Å². The highest BCUT2D eigenvalue weighted by molar-refractivity contribution is 6.17. The fraction of sp³-hybridized carbons (Fsp3) is 0.250. The van der Waals surface area contributed by atoms with Crippen LogP contribution in [-0.2, 0) is 0 Å². The Balaban J connectivity index is 2.30. The van der Waals surface area contributed by atoms with E-state index in [0.717, 1.165) is 27.7 Å². The molecule has 1 atom stereocenters. The Morgan fingerprint density at radius 1 is 1.13 bits per heavy atom. The molecule has 23 heavy (non-hydrogen) atoms. The molecule has 0 aliphatic rings. The summed E-state index contributed by atoms with van der Waals surface area (Å²) in [6.45, 7) is 5.98. The maximum Gasteiger partial charge on any atom is 0.195 e. The Morgan fingerprint density at radius 3 is 2.48 bits per heavy atom. The summed E-state index contributed by atoms with van der Waals surface area (Å²) in [5.41, 5.74) is 4.44. The highest BCUT2D eigenvalue weighted by Crippen LogP contribution is 2.31. The molecule has 1 aromatic heterocycles. The first-order chi connectivity index (χ1) is 11.0. The zero-order chi connectivity index (χ0) is 16.6. The third-order valence-corrected chi connectivity index (χ3v) is 4.37. The summed E-state index contributed by atoms with van der Waals surface area (Å²) in [5, 5.41) is 10.5. The monoisotopic (exact) mass is 307 g/mol. The minimum absolute atomic E-state index is 0.0302. The molecule has 1 N–H and O–H groups in total. The summed E-state index contributed by atoms with van der Waals surface area (Å²) in [6.07, 6.45) is 0. The third-order valence-electron chi connectivity index (χ3n) is 4.37. The maximum atomic E-state index is 13.0. The lowest BCUT2D eigenvalue weighted by atomic mass is 10.00. The van der Waals surface area contributed by atoms with E-state index in [1.165, 1.54) is 0 Å². The smallest absolute Gasteiger partial charge is 0.195 e. The molecule has 0 aliphatic heterocycles.